The SMILES string of the molecule is O=C(O)c1ccc(NSc2cccc(-c3ccccc3)c2)cc1O. The average Bonchev–Trinajstić information content (AvgIpc) is 2.61. The Kier molecular flexibility index (Phi) is 4.72. The molecule has 5 heteroatoms. The van der Waals surface area contributed by atoms with Gasteiger partial charge in [-0.1, -0.05) is 42.5 Å². The van der Waals surface area contributed by atoms with Gasteiger partial charge in [0.1, 0.15) is 11.3 Å². The van der Waals surface area contributed by atoms with Crippen LogP contribution in [0, 0.1) is 0 Å². The summed E-state index contributed by atoms with van der Waals surface area (Å²) in [5.41, 5.74) is 2.78. The molecule has 120 valence electrons. The Balaban J connectivity index is 1.73. The molecule has 0 saturated heterocycles. The standard InChI is InChI=1S/C19H15NO3S/c21-18-12-15(9-10-17(18)19(22)23)20-24-16-8-4-7-14(11-16)13-5-2-1-3-6-13/h1-12,20-21H,(H,22,23). The fourth-order valence-electron chi connectivity index (χ4n) is 2.26. The Hall–Kier alpha value is -2.92. The molecule has 0 aliphatic heterocycles. The predicted molar refractivity (Wildman–Crippen MR) is 96.4 cm³/mol. The topological polar surface area (TPSA) is 69.6 Å². The molecule has 4 nitrogen and oxygen atoms in total. The van der Waals surface area contributed by atoms with Crippen molar-refractivity contribution in [2.45, 2.75) is 4.90 Å². The summed E-state index contributed by atoms with van der Waals surface area (Å²) in [5, 5.41) is 18.6. The molecule has 0 unspecified atom stereocenters. The number of carboxylic acid groups (broad SMARTS) is 1. The molecule has 0 aliphatic carbocycles. The van der Waals surface area contributed by atoms with E-state index in [4.69, 9.17) is 5.11 Å². The van der Waals surface area contributed by atoms with Crippen LogP contribution in [0.1, 0.15) is 10.4 Å². The molecule has 3 N–H and O–H groups in total. The highest BCUT2D eigenvalue weighted by Gasteiger charge is 2.09. The fraction of sp³-hybridized carbons (Fsp3) is 0. The average molecular weight is 337 g/mol. The fourth-order valence-corrected chi connectivity index (χ4v) is 2.96. The molecule has 3 rings (SSSR count). The Morgan fingerprint density at radius 1 is 0.875 bits per heavy atom. The maximum absolute atomic E-state index is 10.9. The van der Waals surface area contributed by atoms with Crippen molar-refractivity contribution in [2.24, 2.45) is 0 Å². The first kappa shape index (κ1) is 16.0. The molecular weight excluding hydrogens is 322 g/mol. The zero-order valence-electron chi connectivity index (χ0n) is 12.6. The zero-order chi connectivity index (χ0) is 16.9. The summed E-state index contributed by atoms with van der Waals surface area (Å²) >= 11 is 1.40. The number of aromatic carboxylic acids is 1. The number of phenols is 1. The van der Waals surface area contributed by atoms with Crippen LogP contribution < -0.4 is 4.72 Å². The lowest BCUT2D eigenvalue weighted by atomic mass is 10.1. The highest BCUT2D eigenvalue weighted by atomic mass is 32.2. The maximum atomic E-state index is 10.9. The molecule has 0 fully saturated rings. The van der Waals surface area contributed by atoms with Gasteiger partial charge in [0.2, 0.25) is 0 Å². The number of carboxylic acids is 1. The number of nitrogens with one attached hydrogen (secondary N) is 1. The van der Waals surface area contributed by atoms with Crippen LogP contribution in [0.15, 0.2) is 77.7 Å². The highest BCUT2D eigenvalue weighted by Crippen LogP contribution is 2.29. The van der Waals surface area contributed by atoms with Crippen molar-refractivity contribution >= 4 is 23.6 Å². The molecule has 24 heavy (non-hydrogen) atoms. The van der Waals surface area contributed by atoms with E-state index in [-0.39, 0.29) is 11.3 Å². The lowest BCUT2D eigenvalue weighted by molar-refractivity contribution is 0.0694. The molecule has 0 bridgehead atoms. The van der Waals surface area contributed by atoms with E-state index < -0.39 is 5.97 Å². The summed E-state index contributed by atoms with van der Waals surface area (Å²) in [4.78, 5) is 11.9. The third-order valence-corrected chi connectivity index (χ3v) is 4.28. The van der Waals surface area contributed by atoms with Crippen LogP contribution in [0.3, 0.4) is 0 Å². The van der Waals surface area contributed by atoms with Gasteiger partial charge in [-0.2, -0.15) is 0 Å². The molecule has 0 heterocycles. The van der Waals surface area contributed by atoms with Gasteiger partial charge in [-0.15, -0.1) is 0 Å². The molecule has 0 amide bonds. The summed E-state index contributed by atoms with van der Waals surface area (Å²) in [7, 11) is 0. The quantitative estimate of drug-likeness (QED) is 0.579. The minimum atomic E-state index is -1.15. The van der Waals surface area contributed by atoms with E-state index in [0.717, 1.165) is 16.0 Å². The first-order chi connectivity index (χ1) is 11.6. The lowest BCUT2D eigenvalue weighted by Crippen LogP contribution is -1.97. The van der Waals surface area contributed by atoms with Crippen LogP contribution >= 0.6 is 11.9 Å². The summed E-state index contributed by atoms with van der Waals surface area (Å²) < 4.78 is 3.11. The van der Waals surface area contributed by atoms with Crippen molar-refractivity contribution in [1.29, 1.82) is 0 Å². The third kappa shape index (κ3) is 3.70. The number of carbonyl (C=O) groups is 1. The predicted octanol–water partition coefficient (Wildman–Crippen LogP) is 4.88. The molecule has 0 aliphatic rings. The third-order valence-electron chi connectivity index (χ3n) is 3.46. The van der Waals surface area contributed by atoms with E-state index in [0.29, 0.717) is 5.69 Å². The van der Waals surface area contributed by atoms with Gasteiger partial charge >= 0.3 is 5.97 Å². The number of anilines is 1. The molecule has 3 aromatic rings. The summed E-state index contributed by atoms with van der Waals surface area (Å²) in [6, 6.07) is 22.6. The van der Waals surface area contributed by atoms with Gasteiger partial charge in [-0.25, -0.2) is 4.79 Å². The molecule has 0 aromatic heterocycles. The van der Waals surface area contributed by atoms with Crippen molar-refractivity contribution in [3.05, 3.63) is 78.4 Å². The van der Waals surface area contributed by atoms with Gasteiger partial charge in [0.25, 0.3) is 0 Å². The van der Waals surface area contributed by atoms with Crippen LogP contribution in [-0.4, -0.2) is 16.2 Å². The normalized spacial score (nSPS) is 10.3. The molecule has 0 saturated carbocycles. The van der Waals surface area contributed by atoms with Gasteiger partial charge < -0.3 is 14.9 Å². The smallest absolute Gasteiger partial charge is 0.339 e. The van der Waals surface area contributed by atoms with Crippen LogP contribution in [0.25, 0.3) is 11.1 Å². The largest absolute Gasteiger partial charge is 0.507 e. The lowest BCUT2D eigenvalue weighted by Gasteiger charge is -2.09. The van der Waals surface area contributed by atoms with E-state index in [1.54, 1.807) is 6.07 Å². The van der Waals surface area contributed by atoms with Crippen LogP contribution in [0.2, 0.25) is 0 Å². The van der Waals surface area contributed by atoms with E-state index in [9.17, 15) is 9.90 Å². The monoisotopic (exact) mass is 337 g/mol. The summed E-state index contributed by atoms with van der Waals surface area (Å²) in [6.07, 6.45) is 0. The number of hydrogen-bond donors (Lipinski definition) is 3. The van der Waals surface area contributed by atoms with Gasteiger partial charge in [-0.05, 0) is 47.3 Å². The van der Waals surface area contributed by atoms with Crippen molar-refractivity contribution in [3.8, 4) is 16.9 Å². The number of rotatable bonds is 5. The summed E-state index contributed by atoms with van der Waals surface area (Å²) in [6.45, 7) is 0. The second-order valence-electron chi connectivity index (χ2n) is 5.14. The van der Waals surface area contributed by atoms with Gasteiger partial charge in [0.15, 0.2) is 0 Å². The van der Waals surface area contributed by atoms with Crippen LogP contribution in [0.5, 0.6) is 5.75 Å². The van der Waals surface area contributed by atoms with Crippen molar-refractivity contribution < 1.29 is 15.0 Å². The molecular formula is C19H15NO3S. The van der Waals surface area contributed by atoms with Crippen LogP contribution in [0.4, 0.5) is 5.69 Å². The molecule has 0 atom stereocenters. The number of benzene rings is 3. The highest BCUT2D eigenvalue weighted by molar-refractivity contribution is 8.00. The number of aromatic hydroxyl groups is 1. The van der Waals surface area contributed by atoms with Gasteiger partial charge in [-0.3, -0.25) is 0 Å². The Morgan fingerprint density at radius 3 is 2.33 bits per heavy atom. The zero-order valence-corrected chi connectivity index (χ0v) is 13.5. The Morgan fingerprint density at radius 2 is 1.62 bits per heavy atom. The van der Waals surface area contributed by atoms with E-state index >= 15 is 0 Å². The molecule has 3 aromatic carbocycles. The first-order valence-electron chi connectivity index (χ1n) is 7.28. The number of hydrogen-bond acceptors (Lipinski definition) is 4. The Labute approximate surface area is 143 Å². The van der Waals surface area contributed by atoms with E-state index in [1.165, 1.54) is 24.1 Å². The van der Waals surface area contributed by atoms with E-state index in [1.807, 2.05) is 36.4 Å². The van der Waals surface area contributed by atoms with Gasteiger partial charge in [0.05, 0.1) is 0 Å². The summed E-state index contributed by atoms with van der Waals surface area (Å²) in [5.74, 6) is -1.41. The van der Waals surface area contributed by atoms with Crippen molar-refractivity contribution in [2.75, 3.05) is 4.72 Å². The van der Waals surface area contributed by atoms with Crippen molar-refractivity contribution in [1.82, 2.24) is 0 Å². The maximum Gasteiger partial charge on any atom is 0.339 e. The van der Waals surface area contributed by atoms with Gasteiger partial charge in [0, 0.05) is 16.6 Å². The molecule has 0 spiro atoms. The second-order valence-corrected chi connectivity index (χ2v) is 6.01. The minimum Gasteiger partial charge on any atom is -0.507 e. The van der Waals surface area contributed by atoms with Crippen LogP contribution in [-0.2, 0) is 0 Å². The second kappa shape index (κ2) is 7.10. The Bertz CT molecular complexity index is 865. The van der Waals surface area contributed by atoms with E-state index in [2.05, 4.69) is 22.9 Å². The minimum absolute atomic E-state index is 0.114. The molecule has 0 radical (unpaired) electrons. The van der Waals surface area contributed by atoms with Crippen molar-refractivity contribution in [3.63, 3.8) is 0 Å². The first-order valence-corrected chi connectivity index (χ1v) is 8.10.